The van der Waals surface area contributed by atoms with Crippen molar-refractivity contribution in [3.8, 4) is 10.3 Å². The zero-order chi connectivity index (χ0) is 8.55. The molecule has 0 aliphatic heterocycles. The Morgan fingerprint density at radius 2 is 2.42 bits per heavy atom. The van der Waals surface area contributed by atoms with Crippen molar-refractivity contribution in [3.05, 3.63) is 10.5 Å². The van der Waals surface area contributed by atoms with Crippen molar-refractivity contribution in [3.63, 3.8) is 0 Å². The van der Waals surface area contributed by atoms with Gasteiger partial charge in [0.1, 0.15) is 0 Å². The van der Waals surface area contributed by atoms with E-state index in [9.17, 15) is 0 Å². The summed E-state index contributed by atoms with van der Waals surface area (Å²) in [5.74, 6) is 0.516. The van der Waals surface area contributed by atoms with Gasteiger partial charge in [0, 0.05) is 0 Å². The van der Waals surface area contributed by atoms with E-state index in [1.54, 1.807) is 0 Å². The van der Waals surface area contributed by atoms with Crippen molar-refractivity contribution in [2.24, 2.45) is 0 Å². The molecule has 0 unspecified atom stereocenters. The Hall–Kier alpha value is -0.781. The third-order valence-corrected chi connectivity index (χ3v) is 3.17. The fourth-order valence-corrected chi connectivity index (χ4v) is 2.10. The average molecular weight is 247 g/mol. The molecule has 0 atom stereocenters. The molecule has 0 aliphatic rings. The zero-order valence-electron chi connectivity index (χ0n) is 6.07. The number of nitrogens with one attached hydrogen (secondary N) is 1. The maximum atomic E-state index is 5.12. The topological polar surface area (TPSA) is 67.6 Å². The number of hydrogen-bond donors (Lipinski definition) is 1. The summed E-state index contributed by atoms with van der Waals surface area (Å²) in [5.41, 5.74) is 0.861. The molecule has 0 fully saturated rings. The molecule has 62 valence electrons. The first-order valence-corrected chi connectivity index (χ1v) is 5.15. The zero-order valence-corrected chi connectivity index (χ0v) is 8.60. The van der Waals surface area contributed by atoms with Gasteiger partial charge >= 0.3 is 78.5 Å². The molecule has 7 heteroatoms. The average Bonchev–Trinajstić information content (AvgIpc) is 2.58. The van der Waals surface area contributed by atoms with Crippen molar-refractivity contribution < 1.29 is 4.42 Å². The summed E-state index contributed by atoms with van der Waals surface area (Å²) in [6, 6.07) is 0. The van der Waals surface area contributed by atoms with Crippen LogP contribution in [0.15, 0.2) is 4.42 Å². The molecular formula is C5H4N4OSSe. The van der Waals surface area contributed by atoms with Gasteiger partial charge in [-0.2, -0.15) is 0 Å². The van der Waals surface area contributed by atoms with Crippen LogP contribution >= 0.6 is 12.2 Å². The fourth-order valence-electron chi connectivity index (χ4n) is 0.755. The number of aromatic amines is 1. The van der Waals surface area contributed by atoms with Gasteiger partial charge in [-0.1, -0.05) is 0 Å². The van der Waals surface area contributed by atoms with E-state index in [-0.39, 0.29) is 19.6 Å². The van der Waals surface area contributed by atoms with Gasteiger partial charge < -0.3 is 0 Å². The normalized spacial score (nSPS) is 10.4. The maximum absolute atomic E-state index is 5.12. The molecular weight excluding hydrogens is 243 g/mol. The number of rotatable bonds is 1. The fraction of sp³-hybridized carbons (Fsp3) is 0.200. The predicted molar refractivity (Wildman–Crippen MR) is 44.4 cm³/mol. The summed E-state index contributed by atoms with van der Waals surface area (Å²) in [4.78, 5) is 0.285. The van der Waals surface area contributed by atoms with Crippen molar-refractivity contribution in [2.45, 2.75) is 6.92 Å². The van der Waals surface area contributed by atoms with Gasteiger partial charge in [-0.05, 0) is 0 Å². The van der Waals surface area contributed by atoms with Crippen LogP contribution in [0, 0.1) is 11.8 Å². The molecule has 1 N–H and O–H groups in total. The van der Waals surface area contributed by atoms with E-state index in [2.05, 4.69) is 19.4 Å². The summed E-state index contributed by atoms with van der Waals surface area (Å²) in [7, 11) is 0. The number of hydrogen-bond acceptors (Lipinski definition) is 5. The van der Waals surface area contributed by atoms with E-state index in [0.29, 0.717) is 5.89 Å². The monoisotopic (exact) mass is 248 g/mol. The van der Waals surface area contributed by atoms with Crippen LogP contribution in [0.5, 0.6) is 0 Å². The molecule has 0 spiro atoms. The van der Waals surface area contributed by atoms with Crippen LogP contribution in [0.4, 0.5) is 0 Å². The molecule has 2 aromatic heterocycles. The van der Waals surface area contributed by atoms with Gasteiger partial charge in [-0.25, -0.2) is 0 Å². The summed E-state index contributed by atoms with van der Waals surface area (Å²) >= 11 is 4.74. The Morgan fingerprint density at radius 1 is 1.58 bits per heavy atom. The van der Waals surface area contributed by atoms with E-state index in [1.165, 1.54) is 0 Å². The Kier molecular flexibility index (Phi) is 1.92. The molecule has 0 bridgehead atoms. The third-order valence-electron chi connectivity index (χ3n) is 1.28. The Labute approximate surface area is 78.8 Å². The van der Waals surface area contributed by atoms with Crippen LogP contribution in [-0.4, -0.2) is 34.1 Å². The molecule has 0 aliphatic carbocycles. The first kappa shape index (κ1) is 7.85. The molecule has 0 radical (unpaired) electrons. The third kappa shape index (κ3) is 1.26. The number of H-pyrrole nitrogens is 1. The summed E-state index contributed by atoms with van der Waals surface area (Å²) in [6.07, 6.45) is 0. The minimum atomic E-state index is -0.00937. The van der Waals surface area contributed by atoms with Crippen LogP contribution in [0.3, 0.4) is 0 Å². The van der Waals surface area contributed by atoms with E-state index >= 15 is 0 Å². The van der Waals surface area contributed by atoms with Gasteiger partial charge in [-0.3, -0.25) is 0 Å². The second-order valence-corrected chi connectivity index (χ2v) is 4.06. The van der Waals surface area contributed by atoms with Gasteiger partial charge in [0.25, 0.3) is 0 Å². The van der Waals surface area contributed by atoms with Gasteiger partial charge in [-0.15, -0.1) is 0 Å². The van der Waals surface area contributed by atoms with Crippen LogP contribution in [0.2, 0.25) is 0 Å². The summed E-state index contributed by atoms with van der Waals surface area (Å²) in [6.45, 7) is 1.88. The standard InChI is InChI=1S/C5H4N4OSSe/c1-2-3(12-9-6-2)4-7-8-5(11)10-4/h1H3,(H,8,11). The van der Waals surface area contributed by atoms with Gasteiger partial charge in [0.05, 0.1) is 0 Å². The number of nitrogens with zero attached hydrogens (tertiary/aromatic N) is 3. The van der Waals surface area contributed by atoms with Crippen molar-refractivity contribution in [2.75, 3.05) is 0 Å². The molecule has 0 amide bonds. The van der Waals surface area contributed by atoms with E-state index in [1.807, 2.05) is 6.92 Å². The SMILES string of the molecule is Cc1nn[se]c1-c1n[nH]c(=S)o1. The molecule has 0 saturated heterocycles. The molecule has 2 aromatic rings. The Morgan fingerprint density at radius 3 is 2.92 bits per heavy atom. The Bertz CT molecular complexity index is 444. The van der Waals surface area contributed by atoms with Crippen LogP contribution in [0.1, 0.15) is 5.69 Å². The first-order chi connectivity index (χ1) is 5.77. The van der Waals surface area contributed by atoms with Gasteiger partial charge in [0.2, 0.25) is 0 Å². The minimum absolute atomic E-state index is 0.00937. The quantitative estimate of drug-likeness (QED) is 0.589. The second-order valence-electron chi connectivity index (χ2n) is 2.11. The molecule has 2 rings (SSSR count). The van der Waals surface area contributed by atoms with E-state index in [0.717, 1.165) is 10.1 Å². The molecule has 0 aromatic carbocycles. The van der Waals surface area contributed by atoms with Crippen molar-refractivity contribution in [1.82, 2.24) is 19.4 Å². The van der Waals surface area contributed by atoms with Crippen molar-refractivity contribution >= 4 is 27.0 Å². The summed E-state index contributed by atoms with van der Waals surface area (Å²) < 4.78 is 9.97. The Balaban J connectivity index is 2.57. The van der Waals surface area contributed by atoms with E-state index in [4.69, 9.17) is 16.6 Å². The first-order valence-electron chi connectivity index (χ1n) is 3.12. The number of aromatic nitrogens is 4. The number of aryl methyl sites for hydroxylation is 1. The second kappa shape index (κ2) is 2.93. The van der Waals surface area contributed by atoms with Crippen molar-refractivity contribution in [1.29, 1.82) is 0 Å². The summed E-state index contributed by atoms with van der Waals surface area (Å²) in [5, 5.41) is 10.3. The van der Waals surface area contributed by atoms with Gasteiger partial charge in [0.15, 0.2) is 0 Å². The van der Waals surface area contributed by atoms with E-state index < -0.39 is 0 Å². The molecule has 2 heterocycles. The molecule has 12 heavy (non-hydrogen) atoms. The van der Waals surface area contributed by atoms with Crippen LogP contribution in [0.25, 0.3) is 10.3 Å². The molecule has 5 nitrogen and oxygen atoms in total. The van der Waals surface area contributed by atoms with Crippen LogP contribution < -0.4 is 0 Å². The molecule has 0 saturated carbocycles. The van der Waals surface area contributed by atoms with Crippen LogP contribution in [-0.2, 0) is 0 Å². The predicted octanol–water partition coefficient (Wildman–Crippen LogP) is 0.555.